The molecule has 2 amide bonds. The third-order valence-corrected chi connectivity index (χ3v) is 4.12. The van der Waals surface area contributed by atoms with Crippen molar-refractivity contribution in [2.24, 2.45) is 0 Å². The zero-order valence-corrected chi connectivity index (χ0v) is 15.0. The van der Waals surface area contributed by atoms with Gasteiger partial charge in [0.1, 0.15) is 0 Å². The first-order valence-electron chi connectivity index (χ1n) is 8.61. The number of para-hydroxylation sites is 2. The maximum absolute atomic E-state index is 12.9. The van der Waals surface area contributed by atoms with Crippen molar-refractivity contribution in [1.82, 2.24) is 5.48 Å². The highest BCUT2D eigenvalue weighted by Gasteiger charge is 2.20. The van der Waals surface area contributed by atoms with Crippen molar-refractivity contribution >= 4 is 23.4 Å². The standard InChI is InChI=1S/C21H19N3O4/c22-19-8-2-1-3-9-20(25)24(17-6-4-5-7-18(17)28-19)14-15-10-12-16(13-11-15)21(26)23-27/h1-8,10-13,22,27H,9,14H2,(H,23,26)/b3-1-,8-2-,22-19?. The van der Waals surface area contributed by atoms with E-state index >= 15 is 0 Å². The molecule has 0 unspecified atom stereocenters. The van der Waals surface area contributed by atoms with Crippen LogP contribution in [0.5, 0.6) is 5.75 Å². The molecule has 0 bridgehead atoms. The molecule has 28 heavy (non-hydrogen) atoms. The lowest BCUT2D eigenvalue weighted by Gasteiger charge is -2.24. The minimum absolute atomic E-state index is 0.0363. The second-order valence-corrected chi connectivity index (χ2v) is 6.04. The average molecular weight is 377 g/mol. The van der Waals surface area contributed by atoms with E-state index in [0.29, 0.717) is 17.0 Å². The number of amides is 2. The molecule has 7 nitrogen and oxygen atoms in total. The number of nitrogens with one attached hydrogen (secondary N) is 2. The molecule has 2 aromatic carbocycles. The van der Waals surface area contributed by atoms with Crippen LogP contribution in [0.4, 0.5) is 5.69 Å². The third kappa shape index (κ3) is 4.52. The summed E-state index contributed by atoms with van der Waals surface area (Å²) in [5.41, 5.74) is 3.24. The molecule has 0 radical (unpaired) electrons. The summed E-state index contributed by atoms with van der Waals surface area (Å²) in [6.07, 6.45) is 6.78. The van der Waals surface area contributed by atoms with Gasteiger partial charge in [0.25, 0.3) is 5.91 Å². The van der Waals surface area contributed by atoms with Crippen molar-refractivity contribution in [2.45, 2.75) is 13.0 Å². The minimum Gasteiger partial charge on any atom is -0.437 e. The fourth-order valence-corrected chi connectivity index (χ4v) is 2.74. The van der Waals surface area contributed by atoms with E-state index in [9.17, 15) is 9.59 Å². The first-order chi connectivity index (χ1) is 13.6. The lowest BCUT2D eigenvalue weighted by atomic mass is 10.1. The molecule has 1 aliphatic rings. The molecule has 0 saturated heterocycles. The number of rotatable bonds is 3. The molecule has 1 heterocycles. The number of fused-ring (bicyclic) bond motifs is 1. The highest BCUT2D eigenvalue weighted by molar-refractivity contribution is 5.97. The van der Waals surface area contributed by atoms with Gasteiger partial charge in [-0.25, -0.2) is 5.48 Å². The van der Waals surface area contributed by atoms with E-state index in [2.05, 4.69) is 0 Å². The first kappa shape index (κ1) is 19.1. The van der Waals surface area contributed by atoms with E-state index in [4.69, 9.17) is 15.4 Å². The molecule has 0 atom stereocenters. The molecule has 0 aliphatic carbocycles. The summed E-state index contributed by atoms with van der Waals surface area (Å²) in [5, 5.41) is 16.6. The highest BCUT2D eigenvalue weighted by Crippen LogP contribution is 2.30. The molecule has 2 aromatic rings. The molecule has 3 rings (SSSR count). The lowest BCUT2D eigenvalue weighted by Crippen LogP contribution is -2.30. The summed E-state index contributed by atoms with van der Waals surface area (Å²) >= 11 is 0. The Bertz CT molecular complexity index is 948. The Hall–Kier alpha value is -3.71. The number of hydroxylamine groups is 1. The Morgan fingerprint density at radius 1 is 1.14 bits per heavy atom. The van der Waals surface area contributed by atoms with E-state index in [1.165, 1.54) is 6.08 Å². The number of nitrogens with zero attached hydrogens (tertiary/aromatic N) is 1. The van der Waals surface area contributed by atoms with Gasteiger partial charge < -0.3 is 9.64 Å². The van der Waals surface area contributed by atoms with Crippen molar-refractivity contribution < 1.29 is 19.5 Å². The fraction of sp³-hybridized carbons (Fsp3) is 0.0952. The third-order valence-electron chi connectivity index (χ3n) is 4.12. The van der Waals surface area contributed by atoms with E-state index in [1.54, 1.807) is 77.1 Å². The normalized spacial score (nSPS) is 16.4. The number of benzene rings is 2. The van der Waals surface area contributed by atoms with Crippen LogP contribution in [0.25, 0.3) is 0 Å². The molecule has 1 aliphatic heterocycles. The van der Waals surface area contributed by atoms with Gasteiger partial charge in [0.2, 0.25) is 11.8 Å². The summed E-state index contributed by atoms with van der Waals surface area (Å²) in [6, 6.07) is 13.6. The number of anilines is 1. The zero-order chi connectivity index (χ0) is 19.9. The molecule has 142 valence electrons. The van der Waals surface area contributed by atoms with Gasteiger partial charge in [-0.2, -0.15) is 0 Å². The summed E-state index contributed by atoms with van der Waals surface area (Å²) in [6.45, 7) is 0.259. The van der Waals surface area contributed by atoms with Gasteiger partial charge in [-0.3, -0.25) is 20.2 Å². The van der Waals surface area contributed by atoms with Gasteiger partial charge >= 0.3 is 0 Å². The van der Waals surface area contributed by atoms with Crippen LogP contribution in [0.2, 0.25) is 0 Å². The van der Waals surface area contributed by atoms with E-state index in [-0.39, 0.29) is 24.8 Å². The number of ether oxygens (including phenoxy) is 1. The van der Waals surface area contributed by atoms with Crippen molar-refractivity contribution in [3.05, 3.63) is 84.0 Å². The summed E-state index contributed by atoms with van der Waals surface area (Å²) in [5.74, 6) is -0.367. The van der Waals surface area contributed by atoms with Gasteiger partial charge in [-0.05, 0) is 29.8 Å². The van der Waals surface area contributed by atoms with Crippen molar-refractivity contribution in [3.63, 3.8) is 0 Å². The van der Waals surface area contributed by atoms with Crippen molar-refractivity contribution in [2.75, 3.05) is 4.90 Å². The minimum atomic E-state index is -0.604. The number of carbonyl (C=O) groups is 2. The summed E-state index contributed by atoms with van der Waals surface area (Å²) < 4.78 is 5.60. The maximum atomic E-state index is 12.9. The monoisotopic (exact) mass is 377 g/mol. The second kappa shape index (κ2) is 8.79. The Labute approximate surface area is 162 Å². The number of allylic oxidation sites excluding steroid dienone is 2. The topological polar surface area (TPSA) is 103 Å². The van der Waals surface area contributed by atoms with E-state index < -0.39 is 5.91 Å². The van der Waals surface area contributed by atoms with Gasteiger partial charge in [0.15, 0.2) is 5.75 Å². The van der Waals surface area contributed by atoms with E-state index in [0.717, 1.165) is 5.56 Å². The molecule has 0 aromatic heterocycles. The van der Waals surface area contributed by atoms with Gasteiger partial charge in [0, 0.05) is 18.1 Å². The molecule has 0 fully saturated rings. The van der Waals surface area contributed by atoms with Gasteiger partial charge in [-0.15, -0.1) is 0 Å². The summed E-state index contributed by atoms with van der Waals surface area (Å²) in [4.78, 5) is 25.9. The Balaban J connectivity index is 1.95. The van der Waals surface area contributed by atoms with Crippen LogP contribution >= 0.6 is 0 Å². The van der Waals surface area contributed by atoms with E-state index in [1.807, 2.05) is 0 Å². The zero-order valence-electron chi connectivity index (χ0n) is 15.0. The Morgan fingerprint density at radius 3 is 2.64 bits per heavy atom. The second-order valence-electron chi connectivity index (χ2n) is 6.04. The van der Waals surface area contributed by atoms with Crippen LogP contribution in [0.1, 0.15) is 22.3 Å². The number of carbonyl (C=O) groups excluding carboxylic acids is 2. The predicted molar refractivity (Wildman–Crippen MR) is 105 cm³/mol. The largest absolute Gasteiger partial charge is 0.437 e. The molecule has 3 N–H and O–H groups in total. The Kier molecular flexibility index (Phi) is 5.98. The number of hydrogen-bond acceptors (Lipinski definition) is 5. The number of hydrogen-bond donors (Lipinski definition) is 3. The SMILES string of the molecule is N=C1/C=C\C=C/CC(=O)N(Cc2ccc(C(=O)NO)cc2)c2ccccc2O1. The molecule has 0 saturated carbocycles. The first-order valence-corrected chi connectivity index (χ1v) is 8.61. The fourth-order valence-electron chi connectivity index (χ4n) is 2.74. The van der Waals surface area contributed by atoms with Crippen LogP contribution in [0, 0.1) is 5.41 Å². The summed E-state index contributed by atoms with van der Waals surface area (Å²) in [7, 11) is 0. The lowest BCUT2D eigenvalue weighted by molar-refractivity contribution is -0.118. The quantitative estimate of drug-likeness (QED) is 0.564. The molecular weight excluding hydrogens is 358 g/mol. The maximum Gasteiger partial charge on any atom is 0.274 e. The van der Waals surface area contributed by atoms with Gasteiger partial charge in [-0.1, -0.05) is 42.5 Å². The van der Waals surface area contributed by atoms with Crippen LogP contribution in [0.3, 0.4) is 0 Å². The molecule has 0 spiro atoms. The highest BCUT2D eigenvalue weighted by atomic mass is 16.5. The smallest absolute Gasteiger partial charge is 0.274 e. The average Bonchev–Trinajstić information content (AvgIpc) is 2.74. The van der Waals surface area contributed by atoms with Crippen molar-refractivity contribution in [3.8, 4) is 5.75 Å². The van der Waals surface area contributed by atoms with Crippen LogP contribution in [-0.2, 0) is 11.3 Å². The predicted octanol–water partition coefficient (Wildman–Crippen LogP) is 3.21. The molecule has 7 heteroatoms. The van der Waals surface area contributed by atoms with Crippen LogP contribution < -0.4 is 15.1 Å². The Morgan fingerprint density at radius 2 is 1.89 bits per heavy atom. The van der Waals surface area contributed by atoms with Crippen LogP contribution in [-0.4, -0.2) is 22.9 Å². The van der Waals surface area contributed by atoms with Gasteiger partial charge in [0.05, 0.1) is 12.2 Å². The van der Waals surface area contributed by atoms with Crippen molar-refractivity contribution in [1.29, 1.82) is 5.41 Å². The molecular formula is C21H19N3O4. The van der Waals surface area contributed by atoms with Crippen LogP contribution in [0.15, 0.2) is 72.8 Å².